The molecule has 0 radical (unpaired) electrons. The van der Waals surface area contributed by atoms with Gasteiger partial charge in [-0.2, -0.15) is 0 Å². The average molecular weight is 417 g/mol. The summed E-state index contributed by atoms with van der Waals surface area (Å²) in [5.41, 5.74) is 2.57. The Morgan fingerprint density at radius 2 is 1.83 bits per heavy atom. The van der Waals surface area contributed by atoms with Gasteiger partial charge < -0.3 is 15.3 Å². The molecule has 0 bridgehead atoms. The van der Waals surface area contributed by atoms with E-state index in [1.807, 2.05) is 13.8 Å². The fourth-order valence-corrected chi connectivity index (χ4v) is 6.56. The van der Waals surface area contributed by atoms with Gasteiger partial charge in [0.05, 0.1) is 17.8 Å². The lowest BCUT2D eigenvalue weighted by atomic mass is 9.61. The second kappa shape index (κ2) is 9.71. The standard InChI is InChI=1S/C27H44O3/c1-19(8-5-6-14-26(2,3)30)24-12-13-25-21(9-7-15-27(24,25)4)11-10-20-16-22(28)18-23(29)17-20/h5,8,10-11,19,22-25,28-30H,6-7,9,12-18H2,1-4H3/b8-5+,21-11+/t19-,22-,23-,24?,25?,27?/m1/s1. The van der Waals surface area contributed by atoms with E-state index in [-0.39, 0.29) is 0 Å². The van der Waals surface area contributed by atoms with Crippen LogP contribution in [0.2, 0.25) is 0 Å². The maximum absolute atomic E-state index is 9.97. The normalized spacial score (nSPS) is 37.6. The molecule has 30 heavy (non-hydrogen) atoms. The van der Waals surface area contributed by atoms with Crippen LogP contribution in [0.3, 0.4) is 0 Å². The van der Waals surface area contributed by atoms with Gasteiger partial charge in [0, 0.05) is 0 Å². The summed E-state index contributed by atoms with van der Waals surface area (Å²) >= 11 is 0. The van der Waals surface area contributed by atoms with Crippen molar-refractivity contribution in [3.05, 3.63) is 35.5 Å². The minimum Gasteiger partial charge on any atom is -0.393 e. The molecule has 3 N–H and O–H groups in total. The van der Waals surface area contributed by atoms with Crippen molar-refractivity contribution in [2.24, 2.45) is 23.2 Å². The number of hydrogen-bond acceptors (Lipinski definition) is 3. The number of rotatable bonds is 6. The van der Waals surface area contributed by atoms with Gasteiger partial charge in [-0.1, -0.05) is 49.3 Å². The van der Waals surface area contributed by atoms with Crippen LogP contribution in [0.15, 0.2) is 35.5 Å². The van der Waals surface area contributed by atoms with Crippen molar-refractivity contribution in [1.82, 2.24) is 0 Å². The van der Waals surface area contributed by atoms with Gasteiger partial charge in [0.15, 0.2) is 0 Å². The third kappa shape index (κ3) is 5.87. The molecule has 0 aromatic rings. The smallest absolute Gasteiger partial charge is 0.0602 e. The Hall–Kier alpha value is -0.900. The number of fused-ring (bicyclic) bond motifs is 1. The third-order valence-corrected chi connectivity index (χ3v) is 8.11. The van der Waals surface area contributed by atoms with Gasteiger partial charge in [0.1, 0.15) is 0 Å². The zero-order chi connectivity index (χ0) is 21.9. The number of aliphatic hydroxyl groups is 3. The molecule has 0 spiro atoms. The summed E-state index contributed by atoms with van der Waals surface area (Å²) in [6.07, 6.45) is 18.5. The molecule has 0 aromatic carbocycles. The summed E-state index contributed by atoms with van der Waals surface area (Å²) in [6, 6.07) is 0. The van der Waals surface area contributed by atoms with Gasteiger partial charge in [-0.3, -0.25) is 0 Å². The van der Waals surface area contributed by atoms with Gasteiger partial charge in [-0.05, 0) is 101 Å². The van der Waals surface area contributed by atoms with E-state index in [2.05, 4.69) is 38.2 Å². The minimum absolute atomic E-state index is 0.369. The summed E-state index contributed by atoms with van der Waals surface area (Å²) < 4.78 is 0. The van der Waals surface area contributed by atoms with Crippen molar-refractivity contribution in [2.75, 3.05) is 0 Å². The van der Waals surface area contributed by atoms with Gasteiger partial charge >= 0.3 is 0 Å². The van der Waals surface area contributed by atoms with Crippen LogP contribution < -0.4 is 0 Å². The third-order valence-electron chi connectivity index (χ3n) is 8.11. The van der Waals surface area contributed by atoms with Crippen LogP contribution in [0, 0.1) is 23.2 Å². The second-order valence-electron chi connectivity index (χ2n) is 11.3. The maximum atomic E-state index is 9.97. The molecular formula is C27H44O3. The first-order chi connectivity index (χ1) is 14.1. The number of allylic oxidation sites excluding steroid dienone is 5. The fraction of sp³-hybridized carbons (Fsp3) is 0.778. The van der Waals surface area contributed by atoms with Crippen LogP contribution in [0.5, 0.6) is 0 Å². The van der Waals surface area contributed by atoms with Crippen molar-refractivity contribution in [1.29, 1.82) is 0 Å². The summed E-state index contributed by atoms with van der Waals surface area (Å²) in [7, 11) is 0. The topological polar surface area (TPSA) is 60.7 Å². The van der Waals surface area contributed by atoms with Crippen molar-refractivity contribution < 1.29 is 15.3 Å². The van der Waals surface area contributed by atoms with Crippen LogP contribution in [0.4, 0.5) is 0 Å². The minimum atomic E-state index is -0.583. The zero-order valence-electron chi connectivity index (χ0n) is 19.6. The highest BCUT2D eigenvalue weighted by Gasteiger charge is 2.50. The van der Waals surface area contributed by atoms with E-state index < -0.39 is 17.8 Å². The molecule has 170 valence electrons. The number of hydrogen-bond donors (Lipinski definition) is 3. The maximum Gasteiger partial charge on any atom is 0.0602 e. The monoisotopic (exact) mass is 416 g/mol. The molecule has 3 rings (SSSR count). The van der Waals surface area contributed by atoms with Crippen LogP contribution >= 0.6 is 0 Å². The first-order valence-corrected chi connectivity index (χ1v) is 12.2. The van der Waals surface area contributed by atoms with Crippen molar-refractivity contribution >= 4 is 0 Å². The molecule has 0 aliphatic heterocycles. The SMILES string of the molecule is C[C@H](/C=C/CCC(C)(C)O)C1CCC2/C(=C/C=C3C[C@@H](O)C[C@H](O)C3)CCCC21C. The summed E-state index contributed by atoms with van der Waals surface area (Å²) in [5, 5.41) is 29.9. The van der Waals surface area contributed by atoms with E-state index >= 15 is 0 Å². The molecule has 0 amide bonds. The average Bonchev–Trinajstić information content (AvgIpc) is 2.99. The van der Waals surface area contributed by atoms with E-state index in [1.165, 1.54) is 37.7 Å². The van der Waals surface area contributed by atoms with E-state index in [0.29, 0.717) is 36.5 Å². The molecule has 3 unspecified atom stereocenters. The zero-order valence-corrected chi connectivity index (χ0v) is 19.6. The lowest BCUT2D eigenvalue weighted by Gasteiger charge is -2.44. The van der Waals surface area contributed by atoms with Crippen molar-refractivity contribution in [2.45, 2.75) is 110 Å². The first kappa shape index (κ1) is 23.8. The quantitative estimate of drug-likeness (QED) is 0.486. The van der Waals surface area contributed by atoms with Crippen LogP contribution in [-0.2, 0) is 0 Å². The van der Waals surface area contributed by atoms with Crippen LogP contribution in [-0.4, -0.2) is 33.1 Å². The Bertz CT molecular complexity index is 656. The Balaban J connectivity index is 1.67. The summed E-state index contributed by atoms with van der Waals surface area (Å²) in [4.78, 5) is 0. The highest BCUT2D eigenvalue weighted by molar-refractivity contribution is 5.26. The van der Waals surface area contributed by atoms with Crippen LogP contribution in [0.25, 0.3) is 0 Å². The second-order valence-corrected chi connectivity index (χ2v) is 11.3. The molecule has 0 saturated heterocycles. The molecule has 0 heterocycles. The molecule has 6 atom stereocenters. The van der Waals surface area contributed by atoms with E-state index in [4.69, 9.17) is 0 Å². The van der Waals surface area contributed by atoms with Gasteiger partial charge in [-0.25, -0.2) is 0 Å². The van der Waals surface area contributed by atoms with Gasteiger partial charge in [-0.15, -0.1) is 0 Å². The molecule has 3 saturated carbocycles. The Morgan fingerprint density at radius 1 is 1.13 bits per heavy atom. The van der Waals surface area contributed by atoms with Gasteiger partial charge in [0.25, 0.3) is 0 Å². The predicted molar refractivity (Wildman–Crippen MR) is 124 cm³/mol. The Labute approximate surface area is 184 Å². The highest BCUT2D eigenvalue weighted by atomic mass is 16.3. The summed E-state index contributed by atoms with van der Waals surface area (Å²) in [6.45, 7) is 8.66. The molecule has 3 heteroatoms. The van der Waals surface area contributed by atoms with Crippen LogP contribution in [0.1, 0.15) is 91.9 Å². The largest absolute Gasteiger partial charge is 0.393 e. The molecule has 3 nitrogen and oxygen atoms in total. The fourth-order valence-electron chi connectivity index (χ4n) is 6.56. The molecule has 3 fully saturated rings. The molecule has 0 aromatic heterocycles. The van der Waals surface area contributed by atoms with E-state index in [1.54, 1.807) is 5.57 Å². The molecule has 3 aliphatic carbocycles. The lowest BCUT2D eigenvalue weighted by Crippen LogP contribution is -2.35. The molecular weight excluding hydrogens is 372 g/mol. The summed E-state index contributed by atoms with van der Waals surface area (Å²) in [5.74, 6) is 1.96. The predicted octanol–water partition coefficient (Wildman–Crippen LogP) is 5.70. The van der Waals surface area contributed by atoms with E-state index in [9.17, 15) is 15.3 Å². The highest BCUT2D eigenvalue weighted by Crippen LogP contribution is 2.59. The van der Waals surface area contributed by atoms with Crippen molar-refractivity contribution in [3.63, 3.8) is 0 Å². The first-order valence-electron chi connectivity index (χ1n) is 12.2. The number of aliphatic hydroxyl groups excluding tert-OH is 2. The molecule has 3 aliphatic rings. The van der Waals surface area contributed by atoms with Gasteiger partial charge in [0.2, 0.25) is 0 Å². The van der Waals surface area contributed by atoms with Crippen molar-refractivity contribution in [3.8, 4) is 0 Å². The Kier molecular flexibility index (Phi) is 7.69. The lowest BCUT2D eigenvalue weighted by molar-refractivity contribution is 0.0609. The van der Waals surface area contributed by atoms with E-state index in [0.717, 1.165) is 18.8 Å². The Morgan fingerprint density at radius 3 is 2.50 bits per heavy atom.